The van der Waals surface area contributed by atoms with Crippen LogP contribution < -0.4 is 0 Å². The summed E-state index contributed by atoms with van der Waals surface area (Å²) in [4.78, 5) is 0. The molecule has 0 fully saturated rings. The molecule has 0 aromatic rings. The molecule has 0 bridgehead atoms. The maximum Gasteiger partial charge on any atom is 0.0882 e. The van der Waals surface area contributed by atoms with E-state index in [0.717, 1.165) is 18.5 Å². The average molecular weight is 555 g/mol. The highest BCUT2D eigenvalue weighted by Gasteiger charge is 2.34. The van der Waals surface area contributed by atoms with Gasteiger partial charge in [-0.3, -0.25) is 0 Å². The van der Waals surface area contributed by atoms with Crippen molar-refractivity contribution >= 4 is 7.14 Å². The largest absolute Gasteiger partial charge is 0.324 e. The fourth-order valence-electron chi connectivity index (χ4n) is 8.31. The van der Waals surface area contributed by atoms with E-state index in [1.807, 2.05) is 0 Å². The molecule has 0 aliphatic heterocycles. The van der Waals surface area contributed by atoms with Crippen molar-refractivity contribution in [3.63, 3.8) is 0 Å². The van der Waals surface area contributed by atoms with E-state index in [2.05, 4.69) is 90.0 Å². The van der Waals surface area contributed by atoms with Gasteiger partial charge in [0.15, 0.2) is 0 Å². The molecule has 2 heteroatoms. The standard InChI is InChI=1S/C36H75OP/c1-14-15-16-17-18-19-20-21-22-23-24-38(37,27-31(2)25-35(10,11)29-33(4,5)6)28-32(3)26-36(12,13)30-34(7,8)9/h31-32H,14-30H2,1-13H3. The van der Waals surface area contributed by atoms with Crippen LogP contribution in [0.2, 0.25) is 0 Å². The van der Waals surface area contributed by atoms with Crippen molar-refractivity contribution in [2.24, 2.45) is 33.5 Å². The third-order valence-corrected chi connectivity index (χ3v) is 11.7. The van der Waals surface area contributed by atoms with Gasteiger partial charge in [-0.2, -0.15) is 0 Å². The molecule has 0 saturated heterocycles. The van der Waals surface area contributed by atoms with E-state index in [1.54, 1.807) is 0 Å². The first-order valence-electron chi connectivity index (χ1n) is 16.7. The van der Waals surface area contributed by atoms with Gasteiger partial charge in [0.2, 0.25) is 0 Å². The first kappa shape index (κ1) is 38.2. The third-order valence-electron chi connectivity index (χ3n) is 8.03. The van der Waals surface area contributed by atoms with Crippen molar-refractivity contribution in [1.29, 1.82) is 0 Å². The van der Waals surface area contributed by atoms with Gasteiger partial charge in [0, 0.05) is 18.5 Å². The van der Waals surface area contributed by atoms with E-state index < -0.39 is 7.14 Å². The van der Waals surface area contributed by atoms with Gasteiger partial charge in [-0.25, -0.2) is 0 Å². The molecule has 0 aromatic heterocycles. The highest BCUT2D eigenvalue weighted by atomic mass is 31.2. The zero-order valence-corrected chi connectivity index (χ0v) is 29.9. The maximum absolute atomic E-state index is 14.6. The van der Waals surface area contributed by atoms with Crippen molar-refractivity contribution in [2.45, 2.75) is 180 Å². The molecule has 2 unspecified atom stereocenters. The number of unbranched alkanes of at least 4 members (excludes halogenated alkanes) is 9. The van der Waals surface area contributed by atoms with Crippen LogP contribution in [0.1, 0.15) is 180 Å². The van der Waals surface area contributed by atoms with Crippen LogP contribution in [0.15, 0.2) is 0 Å². The van der Waals surface area contributed by atoms with E-state index in [1.165, 1.54) is 89.9 Å². The summed E-state index contributed by atoms with van der Waals surface area (Å²) in [7, 11) is -2.18. The van der Waals surface area contributed by atoms with Crippen LogP contribution >= 0.6 is 7.14 Å². The second-order valence-corrected chi connectivity index (χ2v) is 21.0. The molecular formula is C36H75OP. The topological polar surface area (TPSA) is 17.1 Å². The molecule has 0 rings (SSSR count). The molecule has 0 N–H and O–H groups in total. The predicted octanol–water partition coefficient (Wildman–Crippen LogP) is 13.2. The van der Waals surface area contributed by atoms with Gasteiger partial charge in [-0.1, -0.05) is 148 Å². The molecule has 0 heterocycles. The number of rotatable bonds is 21. The Morgan fingerprint density at radius 3 is 1.16 bits per heavy atom. The molecule has 1 nitrogen and oxygen atoms in total. The first-order chi connectivity index (χ1) is 17.2. The summed E-state index contributed by atoms with van der Waals surface area (Å²) in [6.07, 6.45) is 21.2. The molecule has 0 aliphatic carbocycles. The quantitative estimate of drug-likeness (QED) is 0.102. The third kappa shape index (κ3) is 22.0. The van der Waals surface area contributed by atoms with E-state index in [4.69, 9.17) is 0 Å². The predicted molar refractivity (Wildman–Crippen MR) is 177 cm³/mol. The van der Waals surface area contributed by atoms with E-state index in [-0.39, 0.29) is 0 Å². The van der Waals surface area contributed by atoms with Crippen molar-refractivity contribution in [2.75, 3.05) is 18.5 Å². The molecule has 38 heavy (non-hydrogen) atoms. The van der Waals surface area contributed by atoms with Crippen molar-refractivity contribution in [3.8, 4) is 0 Å². The summed E-state index contributed by atoms with van der Waals surface area (Å²) in [5.74, 6) is 1.08. The van der Waals surface area contributed by atoms with Crippen LogP contribution in [0.25, 0.3) is 0 Å². The zero-order chi connectivity index (χ0) is 29.7. The molecule has 230 valence electrons. The van der Waals surface area contributed by atoms with E-state index >= 15 is 0 Å². The molecular weight excluding hydrogens is 479 g/mol. The molecule has 0 aromatic carbocycles. The second kappa shape index (κ2) is 17.2. The monoisotopic (exact) mass is 555 g/mol. The van der Waals surface area contributed by atoms with Gasteiger partial charge in [0.05, 0.1) is 7.14 Å². The Morgan fingerprint density at radius 2 is 0.842 bits per heavy atom. The molecule has 0 aliphatic rings. The van der Waals surface area contributed by atoms with Crippen LogP contribution in [0.5, 0.6) is 0 Å². The van der Waals surface area contributed by atoms with Crippen LogP contribution in [0, 0.1) is 33.5 Å². The molecule has 0 saturated carbocycles. The van der Waals surface area contributed by atoms with Crippen molar-refractivity contribution in [1.82, 2.24) is 0 Å². The minimum absolute atomic E-state index is 0.305. The minimum atomic E-state index is -2.18. The summed E-state index contributed by atoms with van der Waals surface area (Å²) in [6, 6.07) is 0. The Hall–Kier alpha value is 0.230. The lowest BCUT2D eigenvalue weighted by atomic mass is 9.72. The zero-order valence-electron chi connectivity index (χ0n) is 29.0. The fraction of sp³-hybridized carbons (Fsp3) is 1.00. The minimum Gasteiger partial charge on any atom is -0.324 e. The van der Waals surface area contributed by atoms with Crippen LogP contribution in [0.3, 0.4) is 0 Å². The Bertz CT molecular complexity index is 603. The fourth-order valence-corrected chi connectivity index (χ4v) is 12.2. The summed E-state index contributed by atoms with van der Waals surface area (Å²) in [5.41, 5.74) is 1.30. The molecule has 0 spiro atoms. The Kier molecular flexibility index (Phi) is 17.4. The van der Waals surface area contributed by atoms with E-state index in [0.29, 0.717) is 33.5 Å². The highest BCUT2D eigenvalue weighted by Crippen LogP contribution is 2.53. The lowest BCUT2D eigenvalue weighted by molar-refractivity contribution is 0.178. The van der Waals surface area contributed by atoms with Crippen LogP contribution in [-0.2, 0) is 4.57 Å². The Labute approximate surface area is 243 Å². The summed E-state index contributed by atoms with van der Waals surface area (Å²) in [6.45, 7) is 30.9. The maximum atomic E-state index is 14.6. The highest BCUT2D eigenvalue weighted by molar-refractivity contribution is 7.63. The smallest absolute Gasteiger partial charge is 0.0882 e. The second-order valence-electron chi connectivity index (χ2n) is 17.8. The van der Waals surface area contributed by atoms with E-state index in [9.17, 15) is 4.57 Å². The van der Waals surface area contributed by atoms with Gasteiger partial charge >= 0.3 is 0 Å². The van der Waals surface area contributed by atoms with Gasteiger partial charge < -0.3 is 4.57 Å². The van der Waals surface area contributed by atoms with Gasteiger partial charge in [0.25, 0.3) is 0 Å². The number of hydrogen-bond acceptors (Lipinski definition) is 1. The SMILES string of the molecule is CCCCCCCCCCCCP(=O)(CC(C)CC(C)(C)CC(C)(C)C)CC(C)CC(C)(C)CC(C)(C)C. The van der Waals surface area contributed by atoms with Gasteiger partial charge in [-0.15, -0.1) is 0 Å². The van der Waals surface area contributed by atoms with Crippen LogP contribution in [-0.4, -0.2) is 18.5 Å². The molecule has 0 radical (unpaired) electrons. The van der Waals surface area contributed by atoms with Gasteiger partial charge in [0.1, 0.15) is 0 Å². The summed E-state index contributed by atoms with van der Waals surface area (Å²) < 4.78 is 14.6. The lowest BCUT2D eigenvalue weighted by Crippen LogP contribution is -2.26. The summed E-state index contributed by atoms with van der Waals surface area (Å²) in [5, 5.41) is 0. The van der Waals surface area contributed by atoms with Crippen molar-refractivity contribution in [3.05, 3.63) is 0 Å². The lowest BCUT2D eigenvalue weighted by Gasteiger charge is -2.37. The molecule has 0 amide bonds. The van der Waals surface area contributed by atoms with Crippen LogP contribution in [0.4, 0.5) is 0 Å². The Morgan fingerprint density at radius 1 is 0.526 bits per heavy atom. The summed E-state index contributed by atoms with van der Waals surface area (Å²) >= 11 is 0. The normalized spacial score (nSPS) is 16.9. The van der Waals surface area contributed by atoms with Gasteiger partial charge in [-0.05, 0) is 65.6 Å². The molecule has 2 atom stereocenters. The number of hydrogen-bond donors (Lipinski definition) is 0. The first-order valence-corrected chi connectivity index (χ1v) is 19.0. The Balaban J connectivity index is 5.09. The van der Waals surface area contributed by atoms with Crippen molar-refractivity contribution < 1.29 is 4.57 Å². The average Bonchev–Trinajstić information content (AvgIpc) is 2.63.